The normalized spacial score (nSPS) is 10.2. The molecule has 0 bridgehead atoms. The van der Waals surface area contributed by atoms with Crippen molar-refractivity contribution < 1.29 is 0 Å². The maximum absolute atomic E-state index is 4.28. The highest BCUT2D eigenvalue weighted by Crippen LogP contribution is 2.21. The third kappa shape index (κ3) is 2.03. The fraction of sp³-hybridized carbons (Fsp3) is 0.231. The van der Waals surface area contributed by atoms with E-state index in [0.717, 1.165) is 17.1 Å². The lowest BCUT2D eigenvalue weighted by atomic mass is 10.0. The van der Waals surface area contributed by atoms with Gasteiger partial charge in [0.1, 0.15) is 12.1 Å². The summed E-state index contributed by atoms with van der Waals surface area (Å²) in [6.07, 6.45) is 1.58. The van der Waals surface area contributed by atoms with Gasteiger partial charge in [-0.15, -0.1) is 0 Å². The second-order valence-electron chi connectivity index (χ2n) is 3.84. The Hall–Kier alpha value is -1.90. The highest BCUT2D eigenvalue weighted by molar-refractivity contribution is 5.63. The van der Waals surface area contributed by atoms with Crippen LogP contribution in [0.3, 0.4) is 0 Å². The first-order valence-corrected chi connectivity index (χ1v) is 5.28. The summed E-state index contributed by atoms with van der Waals surface area (Å²) in [5, 5.41) is 3.01. The van der Waals surface area contributed by atoms with Crippen LogP contribution in [0.4, 0.5) is 5.82 Å². The molecule has 3 nitrogen and oxygen atoms in total. The number of nitrogens with zero attached hydrogens (tertiary/aromatic N) is 2. The molecule has 0 amide bonds. The Bertz CT molecular complexity index is 506. The van der Waals surface area contributed by atoms with Crippen molar-refractivity contribution in [2.45, 2.75) is 13.8 Å². The van der Waals surface area contributed by atoms with Crippen molar-refractivity contribution in [2.75, 3.05) is 12.4 Å². The smallest absolute Gasteiger partial charge is 0.129 e. The third-order valence-electron chi connectivity index (χ3n) is 2.73. The SMILES string of the molecule is CNc1cc(-c2ccc(C)c(C)c2)ncn1. The second kappa shape index (κ2) is 4.31. The second-order valence-corrected chi connectivity index (χ2v) is 3.84. The van der Waals surface area contributed by atoms with Crippen LogP contribution in [0, 0.1) is 13.8 Å². The minimum absolute atomic E-state index is 0.836. The first-order valence-electron chi connectivity index (χ1n) is 5.28. The summed E-state index contributed by atoms with van der Waals surface area (Å²) >= 11 is 0. The highest BCUT2D eigenvalue weighted by Gasteiger charge is 2.02. The lowest BCUT2D eigenvalue weighted by Gasteiger charge is -2.06. The third-order valence-corrected chi connectivity index (χ3v) is 2.73. The molecule has 0 spiro atoms. The van der Waals surface area contributed by atoms with E-state index >= 15 is 0 Å². The van der Waals surface area contributed by atoms with Gasteiger partial charge < -0.3 is 5.32 Å². The Morgan fingerprint density at radius 3 is 2.50 bits per heavy atom. The summed E-state index contributed by atoms with van der Waals surface area (Å²) in [6, 6.07) is 8.30. The Kier molecular flexibility index (Phi) is 2.86. The molecule has 1 aromatic heterocycles. The van der Waals surface area contributed by atoms with Crippen molar-refractivity contribution in [3.8, 4) is 11.3 Å². The molecule has 0 aliphatic carbocycles. The van der Waals surface area contributed by atoms with Crippen molar-refractivity contribution in [3.05, 3.63) is 41.7 Å². The highest BCUT2D eigenvalue weighted by atomic mass is 15.0. The predicted octanol–water partition coefficient (Wildman–Crippen LogP) is 2.80. The Labute approximate surface area is 95.6 Å². The molecule has 1 aromatic carbocycles. The van der Waals surface area contributed by atoms with Gasteiger partial charge in [0.05, 0.1) is 5.69 Å². The maximum Gasteiger partial charge on any atom is 0.129 e. The number of benzene rings is 1. The Balaban J connectivity index is 2.46. The van der Waals surface area contributed by atoms with Crippen LogP contribution in [0.25, 0.3) is 11.3 Å². The van der Waals surface area contributed by atoms with Crippen LogP contribution in [0.15, 0.2) is 30.6 Å². The lowest BCUT2D eigenvalue weighted by molar-refractivity contribution is 1.16. The summed E-state index contributed by atoms with van der Waals surface area (Å²) in [4.78, 5) is 8.38. The number of nitrogens with one attached hydrogen (secondary N) is 1. The topological polar surface area (TPSA) is 37.8 Å². The molecule has 2 aromatic rings. The van der Waals surface area contributed by atoms with E-state index in [-0.39, 0.29) is 0 Å². The zero-order chi connectivity index (χ0) is 11.5. The van der Waals surface area contributed by atoms with E-state index in [4.69, 9.17) is 0 Å². The standard InChI is InChI=1S/C13H15N3/c1-9-4-5-11(6-10(9)2)12-7-13(14-3)16-8-15-12/h4-8H,1-3H3,(H,14,15,16). The summed E-state index contributed by atoms with van der Waals surface area (Å²) in [7, 11) is 1.85. The molecule has 0 atom stereocenters. The van der Waals surface area contributed by atoms with Gasteiger partial charge in [-0.05, 0) is 31.0 Å². The quantitative estimate of drug-likeness (QED) is 0.833. The molecule has 0 unspecified atom stereocenters. The molecule has 3 heteroatoms. The van der Waals surface area contributed by atoms with Crippen LogP contribution in [-0.2, 0) is 0 Å². The fourth-order valence-corrected chi connectivity index (χ4v) is 1.55. The molecule has 0 saturated carbocycles. The monoisotopic (exact) mass is 213 g/mol. The van der Waals surface area contributed by atoms with Crippen LogP contribution >= 0.6 is 0 Å². The number of anilines is 1. The van der Waals surface area contributed by atoms with Gasteiger partial charge in [0.15, 0.2) is 0 Å². The molecule has 0 aliphatic heterocycles. The molecular formula is C13H15N3. The van der Waals surface area contributed by atoms with Crippen molar-refractivity contribution in [1.82, 2.24) is 9.97 Å². The van der Waals surface area contributed by atoms with Gasteiger partial charge in [0.2, 0.25) is 0 Å². The zero-order valence-corrected chi connectivity index (χ0v) is 9.78. The number of hydrogen-bond acceptors (Lipinski definition) is 3. The first kappa shape index (κ1) is 10.6. The molecule has 0 fully saturated rings. The average Bonchev–Trinajstić information content (AvgIpc) is 2.33. The van der Waals surface area contributed by atoms with Gasteiger partial charge in [0, 0.05) is 18.7 Å². The van der Waals surface area contributed by atoms with E-state index in [9.17, 15) is 0 Å². The predicted molar refractivity (Wildman–Crippen MR) is 66.5 cm³/mol. The van der Waals surface area contributed by atoms with Crippen LogP contribution in [0.1, 0.15) is 11.1 Å². The minimum Gasteiger partial charge on any atom is -0.373 e. The van der Waals surface area contributed by atoms with Crippen LogP contribution < -0.4 is 5.32 Å². The maximum atomic E-state index is 4.28. The first-order chi connectivity index (χ1) is 7.70. The average molecular weight is 213 g/mol. The van der Waals surface area contributed by atoms with Crippen molar-refractivity contribution in [2.24, 2.45) is 0 Å². The van der Waals surface area contributed by atoms with Crippen LogP contribution in [0.5, 0.6) is 0 Å². The van der Waals surface area contributed by atoms with Gasteiger partial charge in [0.25, 0.3) is 0 Å². The van der Waals surface area contributed by atoms with Crippen molar-refractivity contribution in [1.29, 1.82) is 0 Å². The lowest BCUT2D eigenvalue weighted by Crippen LogP contribution is -1.94. The van der Waals surface area contributed by atoms with E-state index in [2.05, 4.69) is 47.3 Å². The van der Waals surface area contributed by atoms with Gasteiger partial charge in [-0.3, -0.25) is 0 Å². The van der Waals surface area contributed by atoms with Crippen molar-refractivity contribution in [3.63, 3.8) is 0 Å². The van der Waals surface area contributed by atoms with Gasteiger partial charge in [-0.2, -0.15) is 0 Å². The zero-order valence-electron chi connectivity index (χ0n) is 9.78. The van der Waals surface area contributed by atoms with E-state index < -0.39 is 0 Å². The van der Waals surface area contributed by atoms with E-state index in [1.54, 1.807) is 6.33 Å². The summed E-state index contributed by atoms with van der Waals surface area (Å²) in [6.45, 7) is 4.22. The molecule has 16 heavy (non-hydrogen) atoms. The summed E-state index contributed by atoms with van der Waals surface area (Å²) in [5.74, 6) is 0.836. The molecule has 0 aliphatic rings. The molecular weight excluding hydrogens is 198 g/mol. The Morgan fingerprint density at radius 2 is 1.81 bits per heavy atom. The van der Waals surface area contributed by atoms with Gasteiger partial charge >= 0.3 is 0 Å². The summed E-state index contributed by atoms with van der Waals surface area (Å²) in [5.41, 5.74) is 4.65. The largest absolute Gasteiger partial charge is 0.373 e. The number of hydrogen-bond donors (Lipinski definition) is 1. The van der Waals surface area contributed by atoms with E-state index in [0.29, 0.717) is 0 Å². The molecule has 2 rings (SSSR count). The van der Waals surface area contributed by atoms with E-state index in [1.807, 2.05) is 13.1 Å². The van der Waals surface area contributed by atoms with Gasteiger partial charge in [-0.25, -0.2) is 9.97 Å². The molecule has 1 heterocycles. The number of aromatic nitrogens is 2. The Morgan fingerprint density at radius 1 is 1.00 bits per heavy atom. The fourth-order valence-electron chi connectivity index (χ4n) is 1.55. The van der Waals surface area contributed by atoms with Crippen molar-refractivity contribution >= 4 is 5.82 Å². The molecule has 1 N–H and O–H groups in total. The van der Waals surface area contributed by atoms with Crippen LogP contribution in [-0.4, -0.2) is 17.0 Å². The molecule has 0 saturated heterocycles. The minimum atomic E-state index is 0.836. The van der Waals surface area contributed by atoms with E-state index in [1.165, 1.54) is 11.1 Å². The number of rotatable bonds is 2. The van der Waals surface area contributed by atoms with Crippen LogP contribution in [0.2, 0.25) is 0 Å². The number of aryl methyl sites for hydroxylation is 2. The summed E-state index contributed by atoms with van der Waals surface area (Å²) < 4.78 is 0. The molecule has 82 valence electrons. The van der Waals surface area contributed by atoms with Gasteiger partial charge in [-0.1, -0.05) is 12.1 Å². The molecule has 0 radical (unpaired) electrons.